The number of phenols is 1. The number of phenolic OH excluding ortho intramolecular Hbond substituents is 1. The Hall–Kier alpha value is -2.01. The van der Waals surface area contributed by atoms with Gasteiger partial charge in [0.2, 0.25) is 5.91 Å². The standard InChI is InChI=1S/C16H17BrN2O2/c1-9-7-11(8-10(2)15(9)20)14(16(18)21)19-13-5-3-12(17)4-6-13/h3-8,14,19-20H,1-2H3,(H2,18,21). The normalized spacial score (nSPS) is 12.0. The minimum atomic E-state index is -0.649. The number of nitrogens with two attached hydrogens (primary N) is 1. The van der Waals surface area contributed by atoms with E-state index < -0.39 is 11.9 Å². The van der Waals surface area contributed by atoms with Crippen molar-refractivity contribution in [3.8, 4) is 5.75 Å². The lowest BCUT2D eigenvalue weighted by atomic mass is 9.99. The van der Waals surface area contributed by atoms with Crippen LogP contribution in [0.3, 0.4) is 0 Å². The molecule has 0 spiro atoms. The van der Waals surface area contributed by atoms with Crippen molar-refractivity contribution in [3.05, 3.63) is 57.6 Å². The summed E-state index contributed by atoms with van der Waals surface area (Å²) in [6.07, 6.45) is 0. The van der Waals surface area contributed by atoms with Gasteiger partial charge in [0.15, 0.2) is 0 Å². The van der Waals surface area contributed by atoms with Crippen molar-refractivity contribution < 1.29 is 9.90 Å². The fourth-order valence-corrected chi connectivity index (χ4v) is 2.45. The molecule has 0 heterocycles. The average molecular weight is 349 g/mol. The molecule has 2 aromatic rings. The predicted molar refractivity (Wildman–Crippen MR) is 87.3 cm³/mol. The van der Waals surface area contributed by atoms with Crippen molar-refractivity contribution in [1.29, 1.82) is 0 Å². The Morgan fingerprint density at radius 3 is 2.19 bits per heavy atom. The lowest BCUT2D eigenvalue weighted by molar-refractivity contribution is -0.118. The van der Waals surface area contributed by atoms with Crippen LogP contribution in [0.15, 0.2) is 40.9 Å². The van der Waals surface area contributed by atoms with Crippen molar-refractivity contribution in [1.82, 2.24) is 0 Å². The SMILES string of the molecule is Cc1cc(C(Nc2ccc(Br)cc2)C(N)=O)cc(C)c1O. The number of aromatic hydroxyl groups is 1. The van der Waals surface area contributed by atoms with Gasteiger partial charge in [-0.15, -0.1) is 0 Å². The van der Waals surface area contributed by atoms with Crippen molar-refractivity contribution in [2.24, 2.45) is 5.73 Å². The fourth-order valence-electron chi connectivity index (χ4n) is 2.19. The number of halogens is 1. The molecule has 0 fully saturated rings. The third kappa shape index (κ3) is 3.55. The number of carbonyl (C=O) groups is 1. The number of aryl methyl sites for hydroxylation is 2. The zero-order valence-corrected chi connectivity index (χ0v) is 13.4. The molecule has 0 saturated heterocycles. The lowest BCUT2D eigenvalue weighted by Gasteiger charge is -2.19. The highest BCUT2D eigenvalue weighted by atomic mass is 79.9. The quantitative estimate of drug-likeness (QED) is 0.792. The van der Waals surface area contributed by atoms with Gasteiger partial charge < -0.3 is 16.2 Å². The van der Waals surface area contributed by atoms with Crippen LogP contribution >= 0.6 is 15.9 Å². The van der Waals surface area contributed by atoms with E-state index in [4.69, 9.17) is 5.73 Å². The summed E-state index contributed by atoms with van der Waals surface area (Å²) in [5, 5.41) is 12.9. The van der Waals surface area contributed by atoms with Crippen molar-refractivity contribution in [3.63, 3.8) is 0 Å². The molecule has 5 heteroatoms. The summed E-state index contributed by atoms with van der Waals surface area (Å²) in [5.74, 6) is -0.229. The number of carbonyl (C=O) groups excluding carboxylic acids is 1. The Morgan fingerprint density at radius 2 is 1.71 bits per heavy atom. The minimum Gasteiger partial charge on any atom is -0.507 e. The molecule has 110 valence electrons. The number of rotatable bonds is 4. The molecular formula is C16H17BrN2O2. The second-order valence-electron chi connectivity index (χ2n) is 4.99. The number of hydrogen-bond acceptors (Lipinski definition) is 3. The highest BCUT2D eigenvalue weighted by Gasteiger charge is 2.19. The van der Waals surface area contributed by atoms with E-state index in [1.807, 2.05) is 24.3 Å². The van der Waals surface area contributed by atoms with Crippen molar-refractivity contribution in [2.75, 3.05) is 5.32 Å². The summed E-state index contributed by atoms with van der Waals surface area (Å²) >= 11 is 3.37. The van der Waals surface area contributed by atoms with Crippen LogP contribution in [-0.2, 0) is 4.79 Å². The summed E-state index contributed by atoms with van der Waals surface area (Å²) in [7, 11) is 0. The maximum atomic E-state index is 11.8. The highest BCUT2D eigenvalue weighted by molar-refractivity contribution is 9.10. The van der Waals surface area contributed by atoms with Gasteiger partial charge >= 0.3 is 0 Å². The predicted octanol–water partition coefficient (Wildman–Crippen LogP) is 3.41. The third-order valence-corrected chi connectivity index (χ3v) is 3.82. The van der Waals surface area contributed by atoms with Crippen molar-refractivity contribution in [2.45, 2.75) is 19.9 Å². The number of amides is 1. The number of nitrogens with one attached hydrogen (secondary N) is 1. The first-order valence-corrected chi connectivity index (χ1v) is 7.29. The van der Waals surface area contributed by atoms with Crippen LogP contribution in [0.5, 0.6) is 5.75 Å². The van der Waals surface area contributed by atoms with Gasteiger partial charge in [-0.3, -0.25) is 4.79 Å². The van der Waals surface area contributed by atoms with E-state index in [9.17, 15) is 9.90 Å². The smallest absolute Gasteiger partial charge is 0.244 e. The van der Waals surface area contributed by atoms with E-state index >= 15 is 0 Å². The molecule has 21 heavy (non-hydrogen) atoms. The van der Waals surface area contributed by atoms with Crippen LogP contribution in [0.25, 0.3) is 0 Å². The summed E-state index contributed by atoms with van der Waals surface area (Å²) in [6.45, 7) is 3.59. The van der Waals surface area contributed by atoms with Crippen LogP contribution in [0.1, 0.15) is 22.7 Å². The Bertz CT molecular complexity index is 645. The maximum absolute atomic E-state index is 11.8. The second kappa shape index (κ2) is 6.18. The Balaban J connectivity index is 2.35. The fraction of sp³-hybridized carbons (Fsp3) is 0.188. The molecule has 0 saturated carbocycles. The van der Waals surface area contributed by atoms with E-state index in [-0.39, 0.29) is 5.75 Å². The zero-order chi connectivity index (χ0) is 15.6. The van der Waals surface area contributed by atoms with Gasteiger partial charge in [-0.1, -0.05) is 15.9 Å². The van der Waals surface area contributed by atoms with E-state index in [1.54, 1.807) is 26.0 Å². The first-order valence-electron chi connectivity index (χ1n) is 6.50. The number of anilines is 1. The Kier molecular flexibility index (Phi) is 4.53. The van der Waals surface area contributed by atoms with Gasteiger partial charge in [-0.05, 0) is 66.9 Å². The van der Waals surface area contributed by atoms with E-state index in [1.165, 1.54) is 0 Å². The number of benzene rings is 2. The van der Waals surface area contributed by atoms with Crippen LogP contribution in [0, 0.1) is 13.8 Å². The van der Waals surface area contributed by atoms with Crippen LogP contribution in [0.2, 0.25) is 0 Å². The van der Waals surface area contributed by atoms with Gasteiger partial charge in [-0.25, -0.2) is 0 Å². The van der Waals surface area contributed by atoms with E-state index in [0.717, 1.165) is 15.7 Å². The molecule has 2 aromatic carbocycles. The molecule has 0 aliphatic heterocycles. The first kappa shape index (κ1) is 15.4. The summed E-state index contributed by atoms with van der Waals surface area (Å²) < 4.78 is 0.958. The topological polar surface area (TPSA) is 75.3 Å². The van der Waals surface area contributed by atoms with E-state index in [2.05, 4.69) is 21.2 Å². The lowest BCUT2D eigenvalue weighted by Crippen LogP contribution is -2.27. The van der Waals surface area contributed by atoms with Gasteiger partial charge in [0, 0.05) is 10.2 Å². The molecule has 4 N–H and O–H groups in total. The molecule has 0 bridgehead atoms. The zero-order valence-electron chi connectivity index (χ0n) is 11.9. The average Bonchev–Trinajstić information content (AvgIpc) is 2.43. The molecule has 2 rings (SSSR count). The van der Waals surface area contributed by atoms with E-state index in [0.29, 0.717) is 11.1 Å². The molecule has 0 aromatic heterocycles. The van der Waals surface area contributed by atoms with Gasteiger partial charge in [0.25, 0.3) is 0 Å². The molecule has 0 aliphatic carbocycles. The Labute approximate surface area is 132 Å². The molecule has 1 unspecified atom stereocenters. The molecular weight excluding hydrogens is 332 g/mol. The summed E-state index contributed by atoms with van der Waals surface area (Å²) in [4.78, 5) is 11.8. The Morgan fingerprint density at radius 1 is 1.19 bits per heavy atom. The minimum absolute atomic E-state index is 0.241. The number of hydrogen-bond donors (Lipinski definition) is 3. The molecule has 0 aliphatic rings. The van der Waals surface area contributed by atoms with Gasteiger partial charge in [0.1, 0.15) is 11.8 Å². The van der Waals surface area contributed by atoms with Crippen LogP contribution in [-0.4, -0.2) is 11.0 Å². The second-order valence-corrected chi connectivity index (χ2v) is 5.91. The molecule has 0 radical (unpaired) electrons. The maximum Gasteiger partial charge on any atom is 0.244 e. The monoisotopic (exact) mass is 348 g/mol. The van der Waals surface area contributed by atoms with Gasteiger partial charge in [-0.2, -0.15) is 0 Å². The molecule has 1 atom stereocenters. The first-order chi connectivity index (χ1) is 9.88. The summed E-state index contributed by atoms with van der Waals surface area (Å²) in [6, 6.07) is 10.4. The van der Waals surface area contributed by atoms with Crippen LogP contribution < -0.4 is 11.1 Å². The molecule has 1 amide bonds. The highest BCUT2D eigenvalue weighted by Crippen LogP contribution is 2.28. The summed E-state index contributed by atoms with van der Waals surface area (Å²) in [5.41, 5.74) is 8.48. The molecule has 4 nitrogen and oxygen atoms in total. The number of primary amides is 1. The van der Waals surface area contributed by atoms with Gasteiger partial charge in [0.05, 0.1) is 0 Å². The third-order valence-electron chi connectivity index (χ3n) is 3.29. The van der Waals surface area contributed by atoms with Crippen molar-refractivity contribution >= 4 is 27.5 Å². The van der Waals surface area contributed by atoms with Crippen LogP contribution in [0.4, 0.5) is 5.69 Å². The largest absolute Gasteiger partial charge is 0.507 e.